The first-order chi connectivity index (χ1) is 7.74. The number of carbonyl (C=O) groups excluding carboxylic acids is 1. The lowest BCUT2D eigenvalue weighted by Gasteiger charge is -2.12. The van der Waals surface area contributed by atoms with Crippen LogP contribution in [0.1, 0.15) is 5.56 Å². The van der Waals surface area contributed by atoms with Gasteiger partial charge in [0.05, 0.1) is 6.54 Å². The topological polar surface area (TPSA) is 81.6 Å². The second-order valence-corrected chi connectivity index (χ2v) is 3.72. The number of hydrogen-bond donors (Lipinski definition) is 2. The van der Waals surface area contributed by atoms with Crippen molar-refractivity contribution < 1.29 is 9.53 Å². The molecule has 0 spiro atoms. The Morgan fingerprint density at radius 3 is 2.50 bits per heavy atom. The van der Waals surface area contributed by atoms with Crippen molar-refractivity contribution in [3.63, 3.8) is 0 Å². The minimum Gasteiger partial charge on any atom is -0.443 e. The Labute approximate surface area is 94.0 Å². The van der Waals surface area contributed by atoms with Crippen molar-refractivity contribution in [2.24, 2.45) is 11.5 Å². The van der Waals surface area contributed by atoms with Crippen LogP contribution in [0, 0.1) is 0 Å². The molecular weight excluding hydrogens is 206 g/mol. The van der Waals surface area contributed by atoms with Crippen LogP contribution in [0.5, 0.6) is 0 Å². The van der Waals surface area contributed by atoms with Crippen LogP contribution in [-0.2, 0) is 11.3 Å². The van der Waals surface area contributed by atoms with E-state index in [1.165, 1.54) is 0 Å². The fraction of sp³-hybridized carbons (Fsp3) is 0.364. The van der Waals surface area contributed by atoms with Gasteiger partial charge >= 0.3 is 6.09 Å². The predicted octanol–water partition coefficient (Wildman–Crippen LogP) is 0.429. The molecule has 1 amide bonds. The average Bonchev–Trinajstić information content (AvgIpc) is 2.71. The molecule has 1 unspecified atom stereocenters. The van der Waals surface area contributed by atoms with Gasteiger partial charge in [0.25, 0.3) is 0 Å². The van der Waals surface area contributed by atoms with Crippen LogP contribution >= 0.6 is 0 Å². The summed E-state index contributed by atoms with van der Waals surface area (Å²) in [6.45, 7) is 1.36. The summed E-state index contributed by atoms with van der Waals surface area (Å²) >= 11 is 0. The molecule has 86 valence electrons. The second kappa shape index (κ2) is 4.51. The van der Waals surface area contributed by atoms with Crippen molar-refractivity contribution in [3.05, 3.63) is 29.8 Å². The van der Waals surface area contributed by atoms with E-state index < -0.39 is 0 Å². The summed E-state index contributed by atoms with van der Waals surface area (Å²) in [7, 11) is 0. The zero-order valence-corrected chi connectivity index (χ0v) is 8.93. The fourth-order valence-electron chi connectivity index (χ4n) is 1.67. The van der Waals surface area contributed by atoms with Crippen molar-refractivity contribution >= 4 is 11.8 Å². The van der Waals surface area contributed by atoms with E-state index in [2.05, 4.69) is 0 Å². The standard InChI is InChI=1S/C11H15N3O2/c12-5-8-1-3-9(4-2-8)14-7-10(6-13)16-11(14)15/h1-4,10H,5-7,12-13H2. The van der Waals surface area contributed by atoms with Crippen LogP contribution in [0.4, 0.5) is 10.5 Å². The molecule has 0 radical (unpaired) electrons. The first-order valence-electron chi connectivity index (χ1n) is 5.22. The molecule has 1 heterocycles. The van der Waals surface area contributed by atoms with Crippen molar-refractivity contribution in [2.75, 3.05) is 18.0 Å². The summed E-state index contributed by atoms with van der Waals surface area (Å²) in [5.74, 6) is 0. The third-order valence-electron chi connectivity index (χ3n) is 2.62. The molecule has 0 aliphatic carbocycles. The number of amides is 1. The molecule has 0 saturated carbocycles. The Bertz CT molecular complexity index is 377. The minimum atomic E-state index is -0.337. The average molecular weight is 221 g/mol. The van der Waals surface area contributed by atoms with E-state index in [-0.39, 0.29) is 12.2 Å². The molecule has 2 rings (SSSR count). The van der Waals surface area contributed by atoms with Gasteiger partial charge in [0.15, 0.2) is 0 Å². The van der Waals surface area contributed by atoms with Crippen molar-refractivity contribution in [1.29, 1.82) is 0 Å². The highest BCUT2D eigenvalue weighted by Crippen LogP contribution is 2.21. The number of rotatable bonds is 3. The second-order valence-electron chi connectivity index (χ2n) is 3.72. The number of cyclic esters (lactones) is 1. The molecule has 0 aromatic heterocycles. The van der Waals surface area contributed by atoms with Gasteiger partial charge in [-0.15, -0.1) is 0 Å². The lowest BCUT2D eigenvalue weighted by Crippen LogP contribution is -2.27. The highest BCUT2D eigenvalue weighted by Gasteiger charge is 2.31. The molecule has 0 bridgehead atoms. The first kappa shape index (κ1) is 10.9. The van der Waals surface area contributed by atoms with Gasteiger partial charge in [-0.2, -0.15) is 0 Å². The molecule has 1 fully saturated rings. The Balaban J connectivity index is 2.15. The maximum Gasteiger partial charge on any atom is 0.414 e. The van der Waals surface area contributed by atoms with Gasteiger partial charge in [-0.1, -0.05) is 12.1 Å². The van der Waals surface area contributed by atoms with E-state index in [4.69, 9.17) is 16.2 Å². The highest BCUT2D eigenvalue weighted by molar-refractivity contribution is 5.89. The number of nitrogens with zero attached hydrogens (tertiary/aromatic N) is 1. The van der Waals surface area contributed by atoms with Gasteiger partial charge in [-0.25, -0.2) is 4.79 Å². The molecule has 5 heteroatoms. The highest BCUT2D eigenvalue weighted by atomic mass is 16.6. The Morgan fingerprint density at radius 1 is 1.31 bits per heavy atom. The van der Waals surface area contributed by atoms with E-state index in [1.54, 1.807) is 4.90 Å². The molecule has 1 aliphatic heterocycles. The van der Waals surface area contributed by atoms with E-state index in [1.807, 2.05) is 24.3 Å². The Morgan fingerprint density at radius 2 is 2.00 bits per heavy atom. The molecular formula is C11H15N3O2. The quantitative estimate of drug-likeness (QED) is 0.775. The number of nitrogens with two attached hydrogens (primary N) is 2. The SMILES string of the molecule is NCc1ccc(N2CC(CN)OC2=O)cc1. The molecule has 16 heavy (non-hydrogen) atoms. The normalized spacial score (nSPS) is 20.0. The smallest absolute Gasteiger partial charge is 0.414 e. The van der Waals surface area contributed by atoms with Gasteiger partial charge in [0, 0.05) is 18.8 Å². The van der Waals surface area contributed by atoms with E-state index in [0.717, 1.165) is 11.3 Å². The van der Waals surface area contributed by atoms with Crippen LogP contribution in [0.25, 0.3) is 0 Å². The fourth-order valence-corrected chi connectivity index (χ4v) is 1.67. The van der Waals surface area contributed by atoms with Crippen molar-refractivity contribution in [1.82, 2.24) is 0 Å². The van der Waals surface area contributed by atoms with E-state index in [0.29, 0.717) is 19.6 Å². The Hall–Kier alpha value is -1.59. The third-order valence-corrected chi connectivity index (χ3v) is 2.62. The van der Waals surface area contributed by atoms with Gasteiger partial charge in [0.2, 0.25) is 0 Å². The largest absolute Gasteiger partial charge is 0.443 e. The third kappa shape index (κ3) is 2.00. The van der Waals surface area contributed by atoms with Gasteiger partial charge < -0.3 is 16.2 Å². The molecule has 5 nitrogen and oxygen atoms in total. The number of ether oxygens (including phenoxy) is 1. The lowest BCUT2D eigenvalue weighted by atomic mass is 10.2. The zero-order valence-electron chi connectivity index (χ0n) is 8.93. The number of carbonyl (C=O) groups is 1. The number of anilines is 1. The summed E-state index contributed by atoms with van der Waals surface area (Å²) in [5.41, 5.74) is 12.8. The lowest BCUT2D eigenvalue weighted by molar-refractivity contribution is 0.145. The van der Waals surface area contributed by atoms with Crippen LogP contribution in [0.3, 0.4) is 0 Å². The summed E-state index contributed by atoms with van der Waals surface area (Å²) in [5, 5.41) is 0. The monoisotopic (exact) mass is 221 g/mol. The number of benzene rings is 1. The first-order valence-corrected chi connectivity index (χ1v) is 5.22. The maximum atomic E-state index is 11.5. The van der Waals surface area contributed by atoms with Gasteiger partial charge in [-0.05, 0) is 17.7 Å². The maximum absolute atomic E-state index is 11.5. The predicted molar refractivity (Wildman–Crippen MR) is 61.0 cm³/mol. The van der Waals surface area contributed by atoms with E-state index >= 15 is 0 Å². The van der Waals surface area contributed by atoms with Gasteiger partial charge in [-0.3, -0.25) is 4.90 Å². The molecule has 1 aliphatic rings. The van der Waals surface area contributed by atoms with Crippen LogP contribution in [0.15, 0.2) is 24.3 Å². The van der Waals surface area contributed by atoms with Crippen LogP contribution in [-0.4, -0.2) is 25.3 Å². The molecule has 1 aromatic rings. The van der Waals surface area contributed by atoms with Crippen molar-refractivity contribution in [2.45, 2.75) is 12.6 Å². The minimum absolute atomic E-state index is 0.207. The van der Waals surface area contributed by atoms with Gasteiger partial charge in [0.1, 0.15) is 6.10 Å². The molecule has 1 aromatic carbocycles. The van der Waals surface area contributed by atoms with Crippen LogP contribution in [0.2, 0.25) is 0 Å². The summed E-state index contributed by atoms with van der Waals surface area (Å²) < 4.78 is 5.07. The van der Waals surface area contributed by atoms with E-state index in [9.17, 15) is 4.79 Å². The molecule has 4 N–H and O–H groups in total. The summed E-state index contributed by atoms with van der Waals surface area (Å²) in [6, 6.07) is 7.53. The number of hydrogen-bond acceptors (Lipinski definition) is 4. The molecule has 1 atom stereocenters. The summed E-state index contributed by atoms with van der Waals surface area (Å²) in [4.78, 5) is 13.1. The summed E-state index contributed by atoms with van der Waals surface area (Å²) in [6.07, 6.45) is -0.544. The molecule has 1 saturated heterocycles. The van der Waals surface area contributed by atoms with Crippen LogP contribution < -0.4 is 16.4 Å². The Kier molecular flexibility index (Phi) is 3.07. The zero-order chi connectivity index (χ0) is 11.5. The van der Waals surface area contributed by atoms with Crippen molar-refractivity contribution in [3.8, 4) is 0 Å².